The predicted molar refractivity (Wildman–Crippen MR) is 234 cm³/mol. The zero-order valence-electron chi connectivity index (χ0n) is 37.8. The monoisotopic (exact) mass is 877 g/mol. The molecule has 59 heavy (non-hydrogen) atoms. The molecule has 2 heterocycles. The number of esters is 1. The number of nitrogens with zero attached hydrogens (tertiary/aromatic N) is 4. The minimum Gasteiger partial charge on any atom is -0.475 e. The summed E-state index contributed by atoms with van der Waals surface area (Å²) >= 11 is 1.11. The van der Waals surface area contributed by atoms with E-state index < -0.39 is 38.9 Å². The Hall–Kier alpha value is -2.13. The van der Waals surface area contributed by atoms with Crippen LogP contribution in [0.15, 0.2) is 6.08 Å². The van der Waals surface area contributed by atoms with Gasteiger partial charge in [-0.05, 0) is 12.8 Å². The smallest absolute Gasteiger partial charge is 0.475 e. The molecule has 0 amide bonds. The fraction of sp³-hybridized carbons (Fsp3) is 0.860. The van der Waals surface area contributed by atoms with Crippen molar-refractivity contribution >= 4 is 37.2 Å². The zero-order valence-corrected chi connectivity index (χ0v) is 39.5. The van der Waals surface area contributed by atoms with Crippen LogP contribution >= 0.6 is 19.6 Å². The Labute approximate surface area is 360 Å². The summed E-state index contributed by atoms with van der Waals surface area (Å²) in [5.74, 6) is 0.0896. The van der Waals surface area contributed by atoms with E-state index >= 15 is 0 Å². The third-order valence-corrected chi connectivity index (χ3v) is 12.3. The van der Waals surface area contributed by atoms with Crippen molar-refractivity contribution in [1.29, 1.82) is 0 Å². The molecule has 2 rings (SSSR count). The quantitative estimate of drug-likeness (QED) is 0.0299. The van der Waals surface area contributed by atoms with Crippen LogP contribution in [-0.4, -0.2) is 121 Å². The van der Waals surface area contributed by atoms with Crippen LogP contribution in [-0.2, 0) is 32.6 Å². The summed E-state index contributed by atoms with van der Waals surface area (Å²) in [6.07, 6.45) is 23.1. The first-order valence-electron chi connectivity index (χ1n) is 22.6. The number of rotatable bonds is 35. The first kappa shape index (κ1) is 53.0. The molecule has 0 fully saturated rings. The van der Waals surface area contributed by atoms with E-state index in [0.29, 0.717) is 53.2 Å². The van der Waals surface area contributed by atoms with Crippen LogP contribution in [0.5, 0.6) is 5.88 Å². The number of hydrogen-bond donors (Lipinski definition) is 1. The summed E-state index contributed by atoms with van der Waals surface area (Å²) in [5, 5.41) is 0. The molecule has 0 bridgehead atoms. The Balaban J connectivity index is 1.84. The van der Waals surface area contributed by atoms with Crippen molar-refractivity contribution in [2.75, 3.05) is 74.3 Å². The van der Waals surface area contributed by atoms with E-state index in [1.165, 1.54) is 77.0 Å². The number of aromatic nitrogens is 2. The Morgan fingerprint density at radius 1 is 0.814 bits per heavy atom. The molecule has 1 aliphatic rings. The Morgan fingerprint density at radius 2 is 1.39 bits per heavy atom. The second-order valence-corrected chi connectivity index (χ2v) is 19.4. The molecule has 16 heteroatoms. The molecule has 0 spiro atoms. The van der Waals surface area contributed by atoms with Gasteiger partial charge in [0.25, 0.3) is 5.88 Å². The second kappa shape index (κ2) is 30.0. The molecule has 0 aromatic carbocycles. The number of quaternary nitrogens is 2. The molecule has 3 unspecified atom stereocenters. The molecular weight excluding hydrogens is 796 g/mol. The first-order valence-corrected chi connectivity index (χ1v) is 24.8. The minimum atomic E-state index is -4.49. The van der Waals surface area contributed by atoms with Gasteiger partial charge in [-0.25, -0.2) is 9.36 Å². The largest absolute Gasteiger partial charge is 0.513 e. The summed E-state index contributed by atoms with van der Waals surface area (Å²) in [4.78, 5) is 36.2. The molecular formula is C43H81N4O10PS+2. The van der Waals surface area contributed by atoms with Crippen LogP contribution in [0, 0.1) is 0 Å². The highest BCUT2D eigenvalue weighted by atomic mass is 32.1. The van der Waals surface area contributed by atoms with Gasteiger partial charge >= 0.3 is 19.9 Å². The molecule has 0 aliphatic carbocycles. The molecule has 1 aromatic heterocycles. The summed E-state index contributed by atoms with van der Waals surface area (Å²) < 4.78 is 55.6. The fourth-order valence-electron chi connectivity index (χ4n) is 6.81. The highest BCUT2D eigenvalue weighted by molar-refractivity contribution is 7.47. The number of hydrogen-bond acceptors (Lipinski definition) is 12. The van der Waals surface area contributed by atoms with Crippen molar-refractivity contribution in [2.24, 2.45) is 0 Å². The molecule has 1 aliphatic heterocycles. The highest BCUT2D eigenvalue weighted by Gasteiger charge is 2.38. The number of phosphoric ester groups is 1. The molecule has 14 nitrogen and oxygen atoms in total. The van der Waals surface area contributed by atoms with E-state index in [1.54, 1.807) is 6.92 Å². The average molecular weight is 877 g/mol. The van der Waals surface area contributed by atoms with Gasteiger partial charge in [0, 0.05) is 25.3 Å². The van der Waals surface area contributed by atoms with Gasteiger partial charge in [0.2, 0.25) is 6.23 Å². The number of carbonyl (C=O) groups excluding carboxylic acids is 2. The van der Waals surface area contributed by atoms with Gasteiger partial charge in [0.1, 0.15) is 32.0 Å². The normalized spacial score (nSPS) is 17.8. The van der Waals surface area contributed by atoms with E-state index in [1.807, 2.05) is 28.2 Å². The maximum Gasteiger partial charge on any atom is 0.513 e. The van der Waals surface area contributed by atoms with Gasteiger partial charge in [-0.1, -0.05) is 129 Å². The van der Waals surface area contributed by atoms with Crippen LogP contribution in [0.4, 0.5) is 4.79 Å². The maximum absolute atomic E-state index is 13.2. The van der Waals surface area contributed by atoms with Gasteiger partial charge in [0.05, 0.1) is 59.7 Å². The molecule has 342 valence electrons. The van der Waals surface area contributed by atoms with Crippen LogP contribution in [0.1, 0.15) is 161 Å². The Kier molecular flexibility index (Phi) is 27.0. The van der Waals surface area contributed by atoms with Crippen LogP contribution in [0.2, 0.25) is 0 Å². The SMILES string of the molecule is CCCCCCCCCCCCCCCCCC(=O)OCC(COP(=O)(O)OCC[N+](C)(C)C)OC(=O)O[C@@H](C)[N+]1(C)CCC=C(c2nsnc2OCCCCCC)C1. The van der Waals surface area contributed by atoms with Crippen molar-refractivity contribution in [3.63, 3.8) is 0 Å². The van der Waals surface area contributed by atoms with Gasteiger partial charge in [-0.15, -0.1) is 4.37 Å². The van der Waals surface area contributed by atoms with Gasteiger partial charge in [-0.2, -0.15) is 4.37 Å². The highest BCUT2D eigenvalue weighted by Crippen LogP contribution is 2.43. The second-order valence-electron chi connectivity index (χ2n) is 17.4. The summed E-state index contributed by atoms with van der Waals surface area (Å²) in [7, 11) is 3.29. The summed E-state index contributed by atoms with van der Waals surface area (Å²) in [6, 6.07) is 0. The number of unbranched alkanes of at least 4 members (excludes halogenated alkanes) is 17. The Bertz CT molecular complexity index is 1380. The fourth-order valence-corrected chi connectivity index (χ4v) is 8.08. The molecule has 0 radical (unpaired) electrons. The maximum atomic E-state index is 13.2. The van der Waals surface area contributed by atoms with Gasteiger partial charge < -0.3 is 28.3 Å². The molecule has 4 atom stereocenters. The van der Waals surface area contributed by atoms with Crippen LogP contribution in [0.25, 0.3) is 5.57 Å². The van der Waals surface area contributed by atoms with Crippen molar-refractivity contribution < 1.29 is 56.0 Å². The zero-order chi connectivity index (χ0) is 43.4. The van der Waals surface area contributed by atoms with Gasteiger partial charge in [0.15, 0.2) is 6.10 Å². The first-order chi connectivity index (χ1) is 28.2. The number of ether oxygens (including phenoxy) is 4. The van der Waals surface area contributed by atoms with Crippen LogP contribution < -0.4 is 4.74 Å². The number of likely N-dealkylation sites (N-methyl/N-ethyl adjacent to an activating group) is 2. The molecule has 0 saturated carbocycles. The summed E-state index contributed by atoms with van der Waals surface area (Å²) in [5.41, 5.74) is 1.68. The third kappa shape index (κ3) is 24.8. The van der Waals surface area contributed by atoms with Crippen LogP contribution in [0.3, 0.4) is 0 Å². The lowest BCUT2D eigenvalue weighted by Gasteiger charge is -2.41. The van der Waals surface area contributed by atoms with E-state index in [9.17, 15) is 19.0 Å². The minimum absolute atomic E-state index is 0.0208. The lowest BCUT2D eigenvalue weighted by Crippen LogP contribution is -2.55. The topological polar surface area (TPSA) is 153 Å². The van der Waals surface area contributed by atoms with E-state index in [4.69, 9.17) is 28.0 Å². The lowest BCUT2D eigenvalue weighted by atomic mass is 10.0. The molecule has 1 aromatic rings. The van der Waals surface area contributed by atoms with Crippen molar-refractivity contribution in [3.05, 3.63) is 11.8 Å². The molecule has 0 saturated heterocycles. The third-order valence-electron chi connectivity index (χ3n) is 10.8. The van der Waals surface area contributed by atoms with Crippen molar-refractivity contribution in [3.8, 4) is 5.88 Å². The number of phosphoric acid groups is 1. The molecule has 1 N–H and O–H groups in total. The summed E-state index contributed by atoms with van der Waals surface area (Å²) in [6.45, 7) is 7.57. The predicted octanol–water partition coefficient (Wildman–Crippen LogP) is 10.2. The Morgan fingerprint density at radius 3 is 1.98 bits per heavy atom. The van der Waals surface area contributed by atoms with E-state index in [2.05, 4.69) is 28.7 Å². The van der Waals surface area contributed by atoms with E-state index in [-0.39, 0.29) is 19.6 Å². The standard InChI is InChI=1S/C43H80N4O10PS/c1-8-10-12-14-15-16-17-18-19-20-21-22-23-24-25-29-40(48)53-35-39(36-55-58(50,51)54-33-31-46(4,5)6)57-43(49)56-37(3)47(7)30-27-28-38(34-47)41-42(45-59-44-41)52-32-26-13-11-9-2/h28,37,39H,8-27,29-36H2,1-7H3/q+1/p+1/t37-,39?,47?/m0/s1. The lowest BCUT2D eigenvalue weighted by molar-refractivity contribution is -0.944. The number of carbonyl (C=O) groups is 2. The average Bonchev–Trinajstić information content (AvgIpc) is 3.65. The van der Waals surface area contributed by atoms with Crippen molar-refractivity contribution in [1.82, 2.24) is 8.75 Å². The van der Waals surface area contributed by atoms with E-state index in [0.717, 1.165) is 62.2 Å². The van der Waals surface area contributed by atoms with Gasteiger partial charge in [-0.3, -0.25) is 18.3 Å². The van der Waals surface area contributed by atoms with Crippen molar-refractivity contribution in [2.45, 2.75) is 168 Å².